The number of rotatable bonds is 5. The van der Waals surface area contributed by atoms with Gasteiger partial charge in [0.15, 0.2) is 0 Å². The van der Waals surface area contributed by atoms with Gasteiger partial charge in [-0.1, -0.05) is 43.7 Å². The molecule has 1 saturated heterocycles. The van der Waals surface area contributed by atoms with Gasteiger partial charge in [-0.15, -0.1) is 0 Å². The summed E-state index contributed by atoms with van der Waals surface area (Å²) in [4.78, 5) is 13.7. The third kappa shape index (κ3) is 3.76. The van der Waals surface area contributed by atoms with E-state index in [2.05, 4.69) is 19.1 Å². The maximum atomic E-state index is 11.9. The van der Waals surface area contributed by atoms with Crippen molar-refractivity contribution in [2.24, 2.45) is 0 Å². The Balaban J connectivity index is 1.93. The number of unbranched alkanes of at least 4 members (excludes halogenated alkanes) is 1. The minimum Gasteiger partial charge on any atom is -0.449 e. The van der Waals surface area contributed by atoms with E-state index >= 15 is 0 Å². The fourth-order valence-corrected chi connectivity index (χ4v) is 2.84. The van der Waals surface area contributed by atoms with Crippen molar-refractivity contribution in [1.82, 2.24) is 4.90 Å². The molecule has 2 rings (SSSR count). The van der Waals surface area contributed by atoms with Crippen molar-refractivity contribution >= 4 is 6.09 Å². The molecule has 0 atom stereocenters. The average Bonchev–Trinajstić information content (AvgIpc) is 2.56. The molecule has 4 nitrogen and oxygen atoms in total. The molecule has 116 valence electrons. The molecular weight excluding hydrogens is 266 g/mol. The van der Waals surface area contributed by atoms with Crippen LogP contribution in [0.2, 0.25) is 0 Å². The fourth-order valence-electron chi connectivity index (χ4n) is 2.84. The Hall–Kier alpha value is -1.55. The lowest BCUT2D eigenvalue weighted by Gasteiger charge is -2.40. The molecule has 0 saturated carbocycles. The summed E-state index contributed by atoms with van der Waals surface area (Å²) in [5.74, 6) is 0. The zero-order valence-electron chi connectivity index (χ0n) is 12.8. The highest BCUT2D eigenvalue weighted by atomic mass is 16.6. The summed E-state index contributed by atoms with van der Waals surface area (Å²) in [6.07, 6.45) is 3.26. The van der Waals surface area contributed by atoms with Crippen molar-refractivity contribution in [2.75, 3.05) is 26.3 Å². The summed E-state index contributed by atoms with van der Waals surface area (Å²) in [6.45, 7) is 3.97. The number of aliphatic hydroxyl groups is 1. The second-order valence-corrected chi connectivity index (χ2v) is 5.76. The molecule has 1 aliphatic rings. The zero-order chi connectivity index (χ0) is 15.1. The van der Waals surface area contributed by atoms with E-state index in [-0.39, 0.29) is 18.1 Å². The smallest absolute Gasteiger partial charge is 0.409 e. The van der Waals surface area contributed by atoms with Crippen molar-refractivity contribution in [2.45, 2.75) is 38.0 Å². The number of benzene rings is 1. The summed E-state index contributed by atoms with van der Waals surface area (Å²) in [5, 5.41) is 9.86. The van der Waals surface area contributed by atoms with Gasteiger partial charge < -0.3 is 14.7 Å². The summed E-state index contributed by atoms with van der Waals surface area (Å²) in [7, 11) is 0. The van der Waals surface area contributed by atoms with Gasteiger partial charge in [0.05, 0.1) is 13.2 Å². The minimum atomic E-state index is -0.221. The standard InChI is InChI=1S/C17H25NO3/c1-2-3-13-21-16(20)18-11-9-17(14-19,10-12-18)15-7-5-4-6-8-15/h4-8,19H,2-3,9-14H2,1H3. The number of hydrogen-bond donors (Lipinski definition) is 1. The predicted octanol–water partition coefficient (Wildman–Crippen LogP) is 2.95. The first-order valence-corrected chi connectivity index (χ1v) is 7.80. The van der Waals surface area contributed by atoms with Crippen molar-refractivity contribution in [3.05, 3.63) is 35.9 Å². The van der Waals surface area contributed by atoms with Crippen molar-refractivity contribution in [1.29, 1.82) is 0 Å². The molecule has 1 aromatic carbocycles. The van der Waals surface area contributed by atoms with Crippen LogP contribution >= 0.6 is 0 Å². The van der Waals surface area contributed by atoms with Crippen LogP contribution < -0.4 is 0 Å². The van der Waals surface area contributed by atoms with Crippen molar-refractivity contribution in [3.8, 4) is 0 Å². The van der Waals surface area contributed by atoms with Crippen LogP contribution in [-0.4, -0.2) is 42.4 Å². The van der Waals surface area contributed by atoms with Crippen molar-refractivity contribution in [3.63, 3.8) is 0 Å². The van der Waals surface area contributed by atoms with Crippen LogP contribution in [0.3, 0.4) is 0 Å². The number of aliphatic hydroxyl groups excluding tert-OH is 1. The zero-order valence-corrected chi connectivity index (χ0v) is 12.8. The highest BCUT2D eigenvalue weighted by Gasteiger charge is 2.37. The Bertz CT molecular complexity index is 439. The summed E-state index contributed by atoms with van der Waals surface area (Å²) in [5.41, 5.74) is 0.938. The minimum absolute atomic E-state index is 0.121. The Morgan fingerprint density at radius 2 is 1.95 bits per heavy atom. The summed E-state index contributed by atoms with van der Waals surface area (Å²) >= 11 is 0. The Morgan fingerprint density at radius 1 is 1.29 bits per heavy atom. The van der Waals surface area contributed by atoms with Crippen LogP contribution in [-0.2, 0) is 10.2 Å². The molecule has 1 aliphatic heterocycles. The van der Waals surface area contributed by atoms with E-state index in [1.807, 2.05) is 18.2 Å². The number of hydrogen-bond acceptors (Lipinski definition) is 3. The Morgan fingerprint density at radius 3 is 2.52 bits per heavy atom. The molecule has 1 amide bonds. The van der Waals surface area contributed by atoms with E-state index in [9.17, 15) is 9.90 Å². The lowest BCUT2D eigenvalue weighted by atomic mass is 9.73. The van der Waals surface area contributed by atoms with Crippen LogP contribution in [0.1, 0.15) is 38.2 Å². The van der Waals surface area contributed by atoms with Gasteiger partial charge in [-0.3, -0.25) is 0 Å². The van der Waals surface area contributed by atoms with E-state index < -0.39 is 0 Å². The second-order valence-electron chi connectivity index (χ2n) is 5.76. The molecular formula is C17H25NO3. The van der Waals surface area contributed by atoms with Crippen LogP contribution in [0.15, 0.2) is 30.3 Å². The SMILES string of the molecule is CCCCOC(=O)N1CCC(CO)(c2ccccc2)CC1. The monoisotopic (exact) mass is 291 g/mol. The van der Waals surface area contributed by atoms with E-state index in [0.29, 0.717) is 19.7 Å². The van der Waals surface area contributed by atoms with E-state index in [0.717, 1.165) is 31.2 Å². The molecule has 0 aliphatic carbocycles. The van der Waals surface area contributed by atoms with Gasteiger partial charge in [0.25, 0.3) is 0 Å². The number of carbonyl (C=O) groups is 1. The molecule has 1 N–H and O–H groups in total. The van der Waals surface area contributed by atoms with Crippen molar-refractivity contribution < 1.29 is 14.6 Å². The normalized spacial score (nSPS) is 17.5. The first-order valence-electron chi connectivity index (χ1n) is 7.80. The second kappa shape index (κ2) is 7.46. The van der Waals surface area contributed by atoms with E-state index in [1.54, 1.807) is 4.90 Å². The summed E-state index contributed by atoms with van der Waals surface area (Å²) < 4.78 is 5.25. The molecule has 0 aromatic heterocycles. The van der Waals surface area contributed by atoms with Gasteiger partial charge >= 0.3 is 6.09 Å². The number of ether oxygens (including phenoxy) is 1. The highest BCUT2D eigenvalue weighted by molar-refractivity contribution is 5.67. The van der Waals surface area contributed by atoms with Gasteiger partial charge in [-0.05, 0) is 24.8 Å². The molecule has 0 unspecified atom stereocenters. The lowest BCUT2D eigenvalue weighted by Crippen LogP contribution is -2.47. The van der Waals surface area contributed by atoms with Gasteiger partial charge in [0.1, 0.15) is 0 Å². The van der Waals surface area contributed by atoms with Gasteiger partial charge in [-0.2, -0.15) is 0 Å². The average molecular weight is 291 g/mol. The maximum Gasteiger partial charge on any atom is 0.409 e. The van der Waals surface area contributed by atoms with Gasteiger partial charge in [0.2, 0.25) is 0 Å². The largest absolute Gasteiger partial charge is 0.449 e. The molecule has 0 spiro atoms. The Labute approximate surface area is 126 Å². The van der Waals surface area contributed by atoms with E-state index in [4.69, 9.17) is 4.74 Å². The highest BCUT2D eigenvalue weighted by Crippen LogP contribution is 2.35. The molecule has 0 bridgehead atoms. The number of piperidine rings is 1. The number of likely N-dealkylation sites (tertiary alicyclic amines) is 1. The molecule has 1 aromatic rings. The first-order chi connectivity index (χ1) is 10.2. The Kier molecular flexibility index (Phi) is 5.62. The third-order valence-corrected chi connectivity index (χ3v) is 4.39. The number of nitrogens with zero attached hydrogens (tertiary/aromatic N) is 1. The third-order valence-electron chi connectivity index (χ3n) is 4.39. The topological polar surface area (TPSA) is 49.8 Å². The fraction of sp³-hybridized carbons (Fsp3) is 0.588. The molecule has 0 radical (unpaired) electrons. The molecule has 1 heterocycles. The van der Waals surface area contributed by atoms with Crippen LogP contribution in [0.4, 0.5) is 4.79 Å². The number of carbonyl (C=O) groups excluding carboxylic acids is 1. The quantitative estimate of drug-likeness (QED) is 0.849. The maximum absolute atomic E-state index is 11.9. The summed E-state index contributed by atoms with van der Waals surface area (Å²) in [6, 6.07) is 10.1. The van der Waals surface area contributed by atoms with Crippen LogP contribution in [0.5, 0.6) is 0 Å². The van der Waals surface area contributed by atoms with E-state index in [1.165, 1.54) is 0 Å². The first kappa shape index (κ1) is 15.8. The predicted molar refractivity (Wildman–Crippen MR) is 82.3 cm³/mol. The van der Waals surface area contributed by atoms with Gasteiger partial charge in [0, 0.05) is 18.5 Å². The lowest BCUT2D eigenvalue weighted by molar-refractivity contribution is 0.0669. The molecule has 21 heavy (non-hydrogen) atoms. The van der Waals surface area contributed by atoms with Gasteiger partial charge in [-0.25, -0.2) is 4.79 Å². The number of amides is 1. The van der Waals surface area contributed by atoms with Crippen LogP contribution in [0, 0.1) is 0 Å². The molecule has 1 fully saturated rings. The van der Waals surface area contributed by atoms with Crippen LogP contribution in [0.25, 0.3) is 0 Å². The molecule has 4 heteroatoms.